The summed E-state index contributed by atoms with van der Waals surface area (Å²) in [5.41, 5.74) is 3.00. The average molecular weight is 494 g/mol. The largest absolute Gasteiger partial charge is 0.476 e. The van der Waals surface area contributed by atoms with Crippen molar-refractivity contribution in [1.29, 1.82) is 0 Å². The quantitative estimate of drug-likeness (QED) is 0.526. The standard InChI is InChI=1S/C26H27N3O5S/c1-18-12-13-23-22(16-18)29(35(2,32)33)17-24(34-23)26(31)28-21-11-7-6-10-20(21)25(30)27-15-14-19-8-4-3-5-9-19/h3-13,16,24H,14-15,17H2,1-2H3,(H,27,30)(H,28,31). The molecule has 0 aliphatic carbocycles. The molecule has 0 fully saturated rings. The molecule has 1 atom stereocenters. The van der Waals surface area contributed by atoms with E-state index in [4.69, 9.17) is 4.74 Å². The van der Waals surface area contributed by atoms with Crippen molar-refractivity contribution >= 4 is 33.2 Å². The number of carbonyl (C=O) groups excluding carboxylic acids is 2. The molecular weight excluding hydrogens is 466 g/mol. The number of fused-ring (bicyclic) bond motifs is 1. The highest BCUT2D eigenvalue weighted by atomic mass is 32.2. The highest BCUT2D eigenvalue weighted by molar-refractivity contribution is 7.92. The minimum Gasteiger partial charge on any atom is -0.476 e. The van der Waals surface area contributed by atoms with Crippen LogP contribution in [0.25, 0.3) is 0 Å². The molecule has 0 aromatic heterocycles. The molecule has 0 saturated carbocycles. The SMILES string of the molecule is Cc1ccc2c(c1)N(S(C)(=O)=O)CC(C(=O)Nc1ccccc1C(=O)NCCc1ccccc1)O2. The average Bonchev–Trinajstić information content (AvgIpc) is 2.83. The number of rotatable bonds is 7. The molecule has 35 heavy (non-hydrogen) atoms. The number of hydrogen-bond acceptors (Lipinski definition) is 5. The number of hydrogen-bond donors (Lipinski definition) is 2. The Hall–Kier alpha value is -3.85. The second-order valence-corrected chi connectivity index (χ2v) is 10.3. The molecule has 0 saturated heterocycles. The summed E-state index contributed by atoms with van der Waals surface area (Å²) in [6.45, 7) is 2.12. The fourth-order valence-electron chi connectivity index (χ4n) is 3.88. The predicted molar refractivity (Wildman–Crippen MR) is 135 cm³/mol. The van der Waals surface area contributed by atoms with Gasteiger partial charge in [0.2, 0.25) is 10.0 Å². The first-order chi connectivity index (χ1) is 16.7. The summed E-state index contributed by atoms with van der Waals surface area (Å²) in [7, 11) is -3.64. The van der Waals surface area contributed by atoms with E-state index < -0.39 is 22.0 Å². The molecule has 2 amide bonds. The lowest BCUT2D eigenvalue weighted by Crippen LogP contribution is -2.48. The van der Waals surface area contributed by atoms with E-state index in [-0.39, 0.29) is 12.5 Å². The number of sulfonamides is 1. The van der Waals surface area contributed by atoms with Crippen molar-refractivity contribution in [3.63, 3.8) is 0 Å². The molecule has 182 valence electrons. The summed E-state index contributed by atoms with van der Waals surface area (Å²) >= 11 is 0. The van der Waals surface area contributed by atoms with Crippen molar-refractivity contribution in [2.75, 3.05) is 29.0 Å². The minimum atomic E-state index is -3.64. The first-order valence-electron chi connectivity index (χ1n) is 11.2. The van der Waals surface area contributed by atoms with Crippen LogP contribution < -0.4 is 19.7 Å². The number of amides is 2. The zero-order chi connectivity index (χ0) is 25.0. The Kier molecular flexibility index (Phi) is 7.07. The lowest BCUT2D eigenvalue weighted by molar-refractivity contribution is -0.122. The smallest absolute Gasteiger partial charge is 0.267 e. The van der Waals surface area contributed by atoms with Gasteiger partial charge in [0.15, 0.2) is 6.10 Å². The van der Waals surface area contributed by atoms with Crippen molar-refractivity contribution in [2.45, 2.75) is 19.4 Å². The third kappa shape index (κ3) is 5.81. The Morgan fingerprint density at radius 2 is 1.74 bits per heavy atom. The van der Waals surface area contributed by atoms with E-state index in [2.05, 4.69) is 10.6 Å². The maximum atomic E-state index is 13.1. The van der Waals surface area contributed by atoms with E-state index >= 15 is 0 Å². The third-order valence-electron chi connectivity index (χ3n) is 5.65. The van der Waals surface area contributed by atoms with Crippen LogP contribution in [0, 0.1) is 6.92 Å². The van der Waals surface area contributed by atoms with Gasteiger partial charge >= 0.3 is 0 Å². The number of anilines is 2. The molecule has 1 heterocycles. The van der Waals surface area contributed by atoms with Crippen molar-refractivity contribution in [2.24, 2.45) is 0 Å². The van der Waals surface area contributed by atoms with Gasteiger partial charge in [0.25, 0.3) is 11.8 Å². The first-order valence-corrected chi connectivity index (χ1v) is 13.0. The molecule has 0 bridgehead atoms. The summed E-state index contributed by atoms with van der Waals surface area (Å²) in [6, 6.07) is 21.6. The van der Waals surface area contributed by atoms with Crippen LogP contribution in [-0.2, 0) is 21.2 Å². The van der Waals surface area contributed by atoms with Gasteiger partial charge in [-0.2, -0.15) is 0 Å². The van der Waals surface area contributed by atoms with Crippen LogP contribution in [0.15, 0.2) is 72.8 Å². The summed E-state index contributed by atoms with van der Waals surface area (Å²) in [6.07, 6.45) is 0.681. The number of carbonyl (C=O) groups is 2. The van der Waals surface area contributed by atoms with Crippen LogP contribution in [-0.4, -0.2) is 45.7 Å². The lowest BCUT2D eigenvalue weighted by Gasteiger charge is -2.34. The van der Waals surface area contributed by atoms with Gasteiger partial charge in [0.1, 0.15) is 5.75 Å². The summed E-state index contributed by atoms with van der Waals surface area (Å²) in [4.78, 5) is 25.9. The maximum Gasteiger partial charge on any atom is 0.267 e. The van der Waals surface area contributed by atoms with Gasteiger partial charge in [0.05, 0.1) is 29.7 Å². The Morgan fingerprint density at radius 1 is 1.03 bits per heavy atom. The molecule has 1 aliphatic rings. The highest BCUT2D eigenvalue weighted by Gasteiger charge is 2.35. The van der Waals surface area contributed by atoms with Crippen LogP contribution in [0.4, 0.5) is 11.4 Å². The van der Waals surface area contributed by atoms with Gasteiger partial charge in [-0.1, -0.05) is 48.5 Å². The summed E-state index contributed by atoms with van der Waals surface area (Å²) < 4.78 is 31.9. The summed E-state index contributed by atoms with van der Waals surface area (Å²) in [5.74, 6) is -0.561. The number of nitrogens with one attached hydrogen (secondary N) is 2. The Balaban J connectivity index is 1.47. The van der Waals surface area contributed by atoms with Gasteiger partial charge in [-0.3, -0.25) is 13.9 Å². The lowest BCUT2D eigenvalue weighted by atomic mass is 10.1. The van der Waals surface area contributed by atoms with E-state index in [1.165, 1.54) is 4.31 Å². The van der Waals surface area contributed by atoms with Crippen molar-refractivity contribution in [1.82, 2.24) is 5.32 Å². The van der Waals surface area contributed by atoms with Gasteiger partial charge in [0, 0.05) is 6.54 Å². The maximum absolute atomic E-state index is 13.1. The number of benzene rings is 3. The van der Waals surface area contributed by atoms with Gasteiger partial charge < -0.3 is 15.4 Å². The zero-order valence-electron chi connectivity index (χ0n) is 19.5. The molecule has 8 nitrogen and oxygen atoms in total. The number of ether oxygens (including phenoxy) is 1. The Labute approximate surface area is 205 Å². The van der Waals surface area contributed by atoms with Gasteiger partial charge in [-0.15, -0.1) is 0 Å². The van der Waals surface area contributed by atoms with E-state index in [9.17, 15) is 18.0 Å². The van der Waals surface area contributed by atoms with Crippen LogP contribution in [0.5, 0.6) is 5.75 Å². The fraction of sp³-hybridized carbons (Fsp3) is 0.231. The molecule has 9 heteroatoms. The van der Waals surface area contributed by atoms with E-state index in [0.717, 1.165) is 17.4 Å². The second kappa shape index (κ2) is 10.2. The number of nitrogens with zero attached hydrogens (tertiary/aromatic N) is 1. The number of aryl methyl sites for hydroxylation is 1. The predicted octanol–water partition coefficient (Wildman–Crippen LogP) is 3.13. The molecule has 3 aromatic rings. The summed E-state index contributed by atoms with van der Waals surface area (Å²) in [5, 5.41) is 5.61. The Morgan fingerprint density at radius 3 is 2.49 bits per heavy atom. The van der Waals surface area contributed by atoms with Crippen LogP contribution >= 0.6 is 0 Å². The monoisotopic (exact) mass is 493 g/mol. The molecular formula is C26H27N3O5S. The molecule has 0 spiro atoms. The van der Waals surface area contributed by atoms with Crippen LogP contribution in [0.2, 0.25) is 0 Å². The second-order valence-electron chi connectivity index (χ2n) is 8.40. The van der Waals surface area contributed by atoms with E-state index in [1.54, 1.807) is 42.5 Å². The van der Waals surface area contributed by atoms with Crippen LogP contribution in [0.1, 0.15) is 21.5 Å². The topological polar surface area (TPSA) is 105 Å². The van der Waals surface area contributed by atoms with Crippen molar-refractivity contribution in [3.05, 3.63) is 89.5 Å². The number of para-hydroxylation sites is 1. The molecule has 1 aliphatic heterocycles. The van der Waals surface area contributed by atoms with Gasteiger partial charge in [-0.25, -0.2) is 8.42 Å². The van der Waals surface area contributed by atoms with Crippen LogP contribution in [0.3, 0.4) is 0 Å². The highest BCUT2D eigenvalue weighted by Crippen LogP contribution is 2.36. The molecule has 2 N–H and O–H groups in total. The third-order valence-corrected chi connectivity index (χ3v) is 6.79. The van der Waals surface area contributed by atoms with E-state index in [0.29, 0.717) is 35.7 Å². The first kappa shape index (κ1) is 24.3. The molecule has 0 radical (unpaired) electrons. The molecule has 1 unspecified atom stereocenters. The van der Waals surface area contributed by atoms with Gasteiger partial charge in [-0.05, 0) is 48.7 Å². The normalized spacial score (nSPS) is 15.0. The van der Waals surface area contributed by atoms with Crippen molar-refractivity contribution in [3.8, 4) is 5.75 Å². The molecule has 4 rings (SSSR count). The zero-order valence-corrected chi connectivity index (χ0v) is 20.3. The molecule has 3 aromatic carbocycles. The fourth-order valence-corrected chi connectivity index (χ4v) is 4.78. The Bertz CT molecular complexity index is 1340. The minimum absolute atomic E-state index is 0.174. The van der Waals surface area contributed by atoms with E-state index in [1.807, 2.05) is 37.3 Å². The van der Waals surface area contributed by atoms with Crippen molar-refractivity contribution < 1.29 is 22.7 Å².